The number of aromatic nitrogens is 1. The molecule has 1 aliphatic rings. The normalized spacial score (nSPS) is 15.9. The van der Waals surface area contributed by atoms with Crippen molar-refractivity contribution in [2.75, 3.05) is 0 Å². The Morgan fingerprint density at radius 2 is 1.28 bits per heavy atom. The zero-order chi connectivity index (χ0) is 40.2. The Balaban J connectivity index is 1.11. The van der Waals surface area contributed by atoms with Gasteiger partial charge < -0.3 is 8.98 Å². The Morgan fingerprint density at radius 1 is 0.557 bits per heavy atom. The Hall–Kier alpha value is -7.34. The van der Waals surface area contributed by atoms with Crippen LogP contribution in [0.15, 0.2) is 196 Å². The summed E-state index contributed by atoms with van der Waals surface area (Å²) in [6.45, 7) is 2.27. The quantitative estimate of drug-likeness (QED) is 0.171. The van der Waals surface area contributed by atoms with Crippen LogP contribution < -0.4 is 0 Å². The van der Waals surface area contributed by atoms with E-state index in [1.165, 1.54) is 69.1 Å². The second-order valence-corrected chi connectivity index (χ2v) is 17.4. The lowest BCUT2D eigenvalue weighted by molar-refractivity contribution is 0.532. The molecule has 0 aliphatic carbocycles. The highest BCUT2D eigenvalue weighted by Crippen LogP contribution is 2.44. The van der Waals surface area contributed by atoms with Gasteiger partial charge in [0, 0.05) is 64.4 Å². The lowest BCUT2D eigenvalue weighted by atomic mass is 9.82. The lowest BCUT2D eigenvalue weighted by Gasteiger charge is -2.30. The molecule has 2 atom stereocenters. The van der Waals surface area contributed by atoms with Gasteiger partial charge in [0.05, 0.1) is 22.8 Å². The summed E-state index contributed by atoms with van der Waals surface area (Å²) < 4.78 is 11.9. The van der Waals surface area contributed by atoms with Crippen LogP contribution in [0, 0.1) is 5.92 Å². The fourth-order valence-corrected chi connectivity index (χ4v) is 11.3. The van der Waals surface area contributed by atoms with Gasteiger partial charge in [0.15, 0.2) is 5.84 Å². The third-order valence-electron chi connectivity index (χ3n) is 13.0. The van der Waals surface area contributed by atoms with Gasteiger partial charge in [-0.1, -0.05) is 140 Å². The van der Waals surface area contributed by atoms with Crippen molar-refractivity contribution in [2.24, 2.45) is 15.9 Å². The van der Waals surface area contributed by atoms with E-state index in [9.17, 15) is 0 Å². The highest BCUT2D eigenvalue weighted by atomic mass is 32.1. The van der Waals surface area contributed by atoms with Crippen LogP contribution in [0.25, 0.3) is 91.1 Å². The Kier molecular flexibility index (Phi) is 7.55. The molecule has 0 bridgehead atoms. The van der Waals surface area contributed by atoms with Crippen LogP contribution >= 0.6 is 11.3 Å². The van der Waals surface area contributed by atoms with Crippen LogP contribution in [-0.4, -0.2) is 16.1 Å². The van der Waals surface area contributed by atoms with Crippen molar-refractivity contribution in [3.05, 3.63) is 199 Å². The van der Waals surface area contributed by atoms with Crippen LogP contribution in [0.2, 0.25) is 0 Å². The van der Waals surface area contributed by atoms with E-state index in [4.69, 9.17) is 14.4 Å². The molecule has 12 aromatic rings. The molecule has 0 N–H and O–H groups in total. The SMILES string of the molecule is CCC1C(c2cc(-n3c4cc5ccccc5cc4c4c5ccccc5ccc43)cc3c2oc2ccccc23)=NC(c2ccc3c(c2)sc2ccccc23)=NC1c1ccccc1. The number of aliphatic imine (C=N–C) groups is 2. The van der Waals surface area contributed by atoms with Gasteiger partial charge in [-0.25, -0.2) is 4.99 Å². The second kappa shape index (κ2) is 13.3. The Labute approximate surface area is 355 Å². The molecule has 4 heterocycles. The highest BCUT2D eigenvalue weighted by Gasteiger charge is 2.34. The molecule has 0 saturated carbocycles. The van der Waals surface area contributed by atoms with E-state index in [2.05, 4.69) is 193 Å². The maximum absolute atomic E-state index is 6.94. The molecule has 9 aromatic carbocycles. The van der Waals surface area contributed by atoms with Gasteiger partial charge in [-0.2, -0.15) is 0 Å². The molecule has 0 fully saturated rings. The first-order chi connectivity index (χ1) is 30.2. The summed E-state index contributed by atoms with van der Waals surface area (Å²) in [6, 6.07) is 65.9. The first-order valence-corrected chi connectivity index (χ1v) is 21.9. The summed E-state index contributed by atoms with van der Waals surface area (Å²) in [6.07, 6.45) is 0.851. The van der Waals surface area contributed by atoms with E-state index >= 15 is 0 Å². The van der Waals surface area contributed by atoms with Crippen molar-refractivity contribution in [1.82, 2.24) is 4.57 Å². The Bertz CT molecular complexity index is 3830. The summed E-state index contributed by atoms with van der Waals surface area (Å²) in [7, 11) is 0. The van der Waals surface area contributed by atoms with Gasteiger partial charge in [0.2, 0.25) is 0 Å². The number of nitrogens with zero attached hydrogens (tertiary/aromatic N) is 3. The molecule has 3 aromatic heterocycles. The van der Waals surface area contributed by atoms with E-state index in [-0.39, 0.29) is 12.0 Å². The largest absolute Gasteiger partial charge is 0.455 e. The van der Waals surface area contributed by atoms with Gasteiger partial charge >= 0.3 is 0 Å². The van der Waals surface area contributed by atoms with Gasteiger partial charge in [-0.15, -0.1) is 11.3 Å². The molecule has 0 amide bonds. The molecular formula is C56H37N3OS. The molecule has 0 saturated heterocycles. The number of rotatable bonds is 5. The number of hydrogen-bond acceptors (Lipinski definition) is 4. The molecule has 5 heteroatoms. The minimum Gasteiger partial charge on any atom is -0.455 e. The maximum Gasteiger partial charge on any atom is 0.155 e. The zero-order valence-corrected chi connectivity index (χ0v) is 34.2. The average molecular weight is 800 g/mol. The van der Waals surface area contributed by atoms with E-state index in [0.29, 0.717) is 0 Å². The predicted molar refractivity (Wildman–Crippen MR) is 258 cm³/mol. The van der Waals surface area contributed by atoms with E-state index in [0.717, 1.165) is 56.7 Å². The van der Waals surface area contributed by atoms with Crippen molar-refractivity contribution >= 4 is 108 Å². The van der Waals surface area contributed by atoms with Crippen molar-refractivity contribution in [2.45, 2.75) is 19.4 Å². The lowest BCUT2D eigenvalue weighted by Crippen LogP contribution is -2.28. The highest BCUT2D eigenvalue weighted by molar-refractivity contribution is 7.25. The summed E-state index contributed by atoms with van der Waals surface area (Å²) in [4.78, 5) is 11.2. The van der Waals surface area contributed by atoms with Crippen molar-refractivity contribution in [3.63, 3.8) is 0 Å². The van der Waals surface area contributed by atoms with Crippen molar-refractivity contribution in [1.29, 1.82) is 0 Å². The summed E-state index contributed by atoms with van der Waals surface area (Å²) >= 11 is 1.83. The first kappa shape index (κ1) is 34.5. The number of amidine groups is 1. The molecule has 13 rings (SSSR count). The molecule has 0 spiro atoms. The van der Waals surface area contributed by atoms with E-state index < -0.39 is 0 Å². The van der Waals surface area contributed by atoms with Gasteiger partial charge in [0.25, 0.3) is 0 Å². The number of fused-ring (bicyclic) bond motifs is 12. The monoisotopic (exact) mass is 799 g/mol. The van der Waals surface area contributed by atoms with Crippen LogP contribution in [0.5, 0.6) is 0 Å². The Morgan fingerprint density at radius 3 is 2.13 bits per heavy atom. The van der Waals surface area contributed by atoms with Crippen LogP contribution in [0.1, 0.15) is 36.1 Å². The second-order valence-electron chi connectivity index (χ2n) is 16.3. The maximum atomic E-state index is 6.94. The zero-order valence-electron chi connectivity index (χ0n) is 33.3. The number of benzene rings is 9. The number of hydrogen-bond donors (Lipinski definition) is 0. The van der Waals surface area contributed by atoms with Crippen LogP contribution in [0.3, 0.4) is 0 Å². The topological polar surface area (TPSA) is 42.8 Å². The summed E-state index contributed by atoms with van der Waals surface area (Å²) in [5.41, 5.74) is 9.33. The fraction of sp³-hybridized carbons (Fsp3) is 0.0714. The molecule has 288 valence electrons. The molecule has 0 radical (unpaired) electrons. The summed E-state index contributed by atoms with van der Waals surface area (Å²) in [5.74, 6) is 0.745. The third kappa shape index (κ3) is 5.24. The van der Waals surface area contributed by atoms with E-state index in [1.807, 2.05) is 11.3 Å². The number of furan rings is 1. The van der Waals surface area contributed by atoms with Crippen molar-refractivity contribution in [3.8, 4) is 5.69 Å². The number of thiophene rings is 1. The summed E-state index contributed by atoms with van der Waals surface area (Å²) in [5, 5.41) is 12.1. The first-order valence-electron chi connectivity index (χ1n) is 21.1. The fourth-order valence-electron chi connectivity index (χ4n) is 10.1. The minimum absolute atomic E-state index is 0.00286. The molecule has 4 nitrogen and oxygen atoms in total. The molecule has 61 heavy (non-hydrogen) atoms. The third-order valence-corrected chi connectivity index (χ3v) is 14.1. The van der Waals surface area contributed by atoms with Crippen LogP contribution in [0.4, 0.5) is 0 Å². The van der Waals surface area contributed by atoms with Gasteiger partial charge in [-0.05, 0) is 82.1 Å². The smallest absolute Gasteiger partial charge is 0.155 e. The van der Waals surface area contributed by atoms with E-state index in [1.54, 1.807) is 0 Å². The number of para-hydroxylation sites is 1. The van der Waals surface area contributed by atoms with Crippen LogP contribution in [-0.2, 0) is 0 Å². The van der Waals surface area contributed by atoms with Gasteiger partial charge in [0.1, 0.15) is 11.2 Å². The predicted octanol–water partition coefficient (Wildman–Crippen LogP) is 15.4. The standard InChI is InChI=1S/C56H37N3OS/c1-2-39-53(34-15-4-3-5-16-34)57-56(37-24-26-43-42-21-11-13-23-50(42)61-51(43)30-37)58-54(39)46-32-38(31-44-41-20-10-12-22-49(41)60-55(44)46)59-47-27-25-33-14-8-9-19-40(33)52(47)45-28-35-17-6-7-18-36(35)29-48(45)59/h3-32,39,53H,2H2,1H3. The molecule has 1 aliphatic heterocycles. The average Bonchev–Trinajstić information content (AvgIpc) is 3.99. The van der Waals surface area contributed by atoms with Crippen molar-refractivity contribution < 1.29 is 4.42 Å². The molecule has 2 unspecified atom stereocenters. The molecular weight excluding hydrogens is 763 g/mol. The van der Waals surface area contributed by atoms with Gasteiger partial charge in [-0.3, -0.25) is 4.99 Å². The minimum atomic E-state index is -0.138.